The average molecular weight is 406 g/mol. The average Bonchev–Trinajstić information content (AvgIpc) is 2.94. The van der Waals surface area contributed by atoms with Gasteiger partial charge in [0.25, 0.3) is 0 Å². The van der Waals surface area contributed by atoms with Gasteiger partial charge in [0, 0.05) is 12.2 Å². The molecule has 0 saturated heterocycles. The number of amides is 1. The van der Waals surface area contributed by atoms with Crippen molar-refractivity contribution < 1.29 is 26.4 Å². The molecular weight excluding hydrogens is 389 g/mol. The number of anilines is 1. The van der Waals surface area contributed by atoms with E-state index in [0.717, 1.165) is 17.6 Å². The first-order valence-electron chi connectivity index (χ1n) is 8.02. The summed E-state index contributed by atoms with van der Waals surface area (Å²) < 4.78 is 62.5. The standard InChI is InChI=1S/C16H17F3N2O3S2/c1-26(23,24)11-5-6-12-13(8-11)25-15(20-12)21-14(22)9-3-2-4-10(7-9)16(17,18)19/h5-6,8-10H,2-4,7H2,1H3,(H,20,21,22). The maximum Gasteiger partial charge on any atom is 0.391 e. The predicted molar refractivity (Wildman–Crippen MR) is 92.9 cm³/mol. The molecule has 5 nitrogen and oxygen atoms in total. The molecule has 2 atom stereocenters. The van der Waals surface area contributed by atoms with Crippen molar-refractivity contribution in [1.82, 2.24) is 4.98 Å². The molecule has 1 saturated carbocycles. The molecule has 1 N–H and O–H groups in total. The Labute approximate surface area is 152 Å². The SMILES string of the molecule is CS(=O)(=O)c1ccc2nc(NC(=O)C3CCCC(C(F)(F)F)C3)sc2c1. The largest absolute Gasteiger partial charge is 0.391 e. The van der Waals surface area contributed by atoms with Gasteiger partial charge in [0.2, 0.25) is 5.91 Å². The summed E-state index contributed by atoms with van der Waals surface area (Å²) in [6, 6.07) is 4.44. The summed E-state index contributed by atoms with van der Waals surface area (Å²) in [7, 11) is -3.36. The third kappa shape index (κ3) is 4.17. The minimum Gasteiger partial charge on any atom is -0.302 e. The van der Waals surface area contributed by atoms with Crippen LogP contribution in [0.4, 0.5) is 18.3 Å². The van der Waals surface area contributed by atoms with Gasteiger partial charge in [0.05, 0.1) is 21.0 Å². The number of hydrogen-bond acceptors (Lipinski definition) is 5. The fraction of sp³-hybridized carbons (Fsp3) is 0.500. The topological polar surface area (TPSA) is 76.1 Å². The van der Waals surface area contributed by atoms with Gasteiger partial charge in [-0.3, -0.25) is 4.79 Å². The summed E-state index contributed by atoms with van der Waals surface area (Å²) in [5, 5.41) is 2.84. The normalized spacial score (nSPS) is 21.7. The number of thiazole rings is 1. The lowest BCUT2D eigenvalue weighted by molar-refractivity contribution is -0.185. The molecule has 0 radical (unpaired) electrons. The molecule has 1 fully saturated rings. The Balaban J connectivity index is 1.75. The van der Waals surface area contributed by atoms with Crippen molar-refractivity contribution in [3.8, 4) is 0 Å². The molecule has 142 valence electrons. The van der Waals surface area contributed by atoms with Crippen molar-refractivity contribution in [2.45, 2.75) is 36.8 Å². The molecule has 1 aromatic carbocycles. The van der Waals surface area contributed by atoms with Gasteiger partial charge in [-0.2, -0.15) is 13.2 Å². The van der Waals surface area contributed by atoms with E-state index >= 15 is 0 Å². The van der Waals surface area contributed by atoms with E-state index in [1.54, 1.807) is 0 Å². The molecule has 3 rings (SSSR count). The second-order valence-electron chi connectivity index (χ2n) is 6.51. The van der Waals surface area contributed by atoms with Gasteiger partial charge in [-0.25, -0.2) is 13.4 Å². The van der Waals surface area contributed by atoms with Gasteiger partial charge >= 0.3 is 6.18 Å². The minimum atomic E-state index is -4.28. The minimum absolute atomic E-state index is 0.0582. The van der Waals surface area contributed by atoms with Crippen LogP contribution >= 0.6 is 11.3 Å². The Hall–Kier alpha value is -1.68. The number of hydrogen-bond donors (Lipinski definition) is 1. The molecule has 10 heteroatoms. The van der Waals surface area contributed by atoms with Gasteiger partial charge in [0.1, 0.15) is 0 Å². The Morgan fingerprint density at radius 1 is 1.31 bits per heavy atom. The lowest BCUT2D eigenvalue weighted by atomic mass is 9.80. The molecule has 2 aromatic rings. The van der Waals surface area contributed by atoms with Crippen molar-refractivity contribution in [3.05, 3.63) is 18.2 Å². The van der Waals surface area contributed by atoms with Crippen LogP contribution in [0.15, 0.2) is 23.1 Å². The molecule has 1 aliphatic rings. The summed E-state index contributed by atoms with van der Waals surface area (Å²) in [5.41, 5.74) is 0.523. The predicted octanol–water partition coefficient (Wildman–Crippen LogP) is 4.01. The summed E-state index contributed by atoms with van der Waals surface area (Å²) >= 11 is 1.10. The monoisotopic (exact) mass is 406 g/mol. The Morgan fingerprint density at radius 3 is 2.69 bits per heavy atom. The molecular formula is C16H17F3N2O3S2. The summed E-state index contributed by atoms with van der Waals surface area (Å²) in [6.07, 6.45) is -2.56. The zero-order chi connectivity index (χ0) is 19.1. The van der Waals surface area contributed by atoms with Gasteiger partial charge < -0.3 is 5.32 Å². The van der Waals surface area contributed by atoms with Crippen molar-refractivity contribution in [3.63, 3.8) is 0 Å². The fourth-order valence-electron chi connectivity index (χ4n) is 3.12. The van der Waals surface area contributed by atoms with E-state index in [2.05, 4.69) is 10.3 Å². The molecule has 0 spiro atoms. The lowest BCUT2D eigenvalue weighted by Gasteiger charge is -2.29. The Bertz CT molecular complexity index is 938. The molecule has 1 aromatic heterocycles. The molecule has 1 heterocycles. The van der Waals surface area contributed by atoms with Crippen LogP contribution in [0.2, 0.25) is 0 Å². The van der Waals surface area contributed by atoms with Crippen LogP contribution in [0.1, 0.15) is 25.7 Å². The highest BCUT2D eigenvalue weighted by atomic mass is 32.2. The first-order valence-corrected chi connectivity index (χ1v) is 10.7. The van der Waals surface area contributed by atoms with Crippen LogP contribution in [-0.2, 0) is 14.6 Å². The van der Waals surface area contributed by atoms with E-state index in [-0.39, 0.29) is 22.9 Å². The van der Waals surface area contributed by atoms with Crippen molar-refractivity contribution in [1.29, 1.82) is 0 Å². The third-order valence-electron chi connectivity index (χ3n) is 4.53. The van der Waals surface area contributed by atoms with E-state index < -0.39 is 33.8 Å². The number of alkyl halides is 3. The van der Waals surface area contributed by atoms with E-state index in [4.69, 9.17) is 0 Å². The molecule has 26 heavy (non-hydrogen) atoms. The summed E-state index contributed by atoms with van der Waals surface area (Å²) in [4.78, 5) is 16.7. The van der Waals surface area contributed by atoms with Crippen LogP contribution in [-0.4, -0.2) is 31.7 Å². The van der Waals surface area contributed by atoms with Gasteiger partial charge in [-0.15, -0.1) is 0 Å². The highest BCUT2D eigenvalue weighted by Crippen LogP contribution is 2.40. The van der Waals surface area contributed by atoms with E-state index in [1.807, 2.05) is 0 Å². The quantitative estimate of drug-likeness (QED) is 0.836. The number of carbonyl (C=O) groups excluding carboxylic acids is 1. The molecule has 2 unspecified atom stereocenters. The Morgan fingerprint density at radius 2 is 2.04 bits per heavy atom. The second kappa shape index (κ2) is 6.80. The molecule has 0 bridgehead atoms. The highest BCUT2D eigenvalue weighted by molar-refractivity contribution is 7.90. The number of nitrogens with one attached hydrogen (secondary N) is 1. The van der Waals surface area contributed by atoms with Crippen molar-refractivity contribution in [2.24, 2.45) is 11.8 Å². The number of carbonyl (C=O) groups is 1. The third-order valence-corrected chi connectivity index (χ3v) is 6.57. The zero-order valence-corrected chi connectivity index (χ0v) is 15.5. The summed E-state index contributed by atoms with van der Waals surface area (Å²) in [6.45, 7) is 0. The molecule has 1 aliphatic carbocycles. The number of nitrogens with zero attached hydrogens (tertiary/aromatic N) is 1. The van der Waals surface area contributed by atoms with Crippen LogP contribution in [0, 0.1) is 11.8 Å². The number of benzene rings is 1. The van der Waals surface area contributed by atoms with Gasteiger partial charge in [0.15, 0.2) is 15.0 Å². The number of sulfone groups is 1. The van der Waals surface area contributed by atoms with E-state index in [9.17, 15) is 26.4 Å². The molecule has 1 amide bonds. The fourth-order valence-corrected chi connectivity index (χ4v) is 4.75. The second-order valence-corrected chi connectivity index (χ2v) is 9.56. The van der Waals surface area contributed by atoms with Crippen LogP contribution in [0.3, 0.4) is 0 Å². The van der Waals surface area contributed by atoms with Crippen molar-refractivity contribution in [2.75, 3.05) is 11.6 Å². The van der Waals surface area contributed by atoms with Crippen LogP contribution in [0.5, 0.6) is 0 Å². The number of halogens is 3. The number of fused-ring (bicyclic) bond motifs is 1. The maximum absolute atomic E-state index is 12.9. The number of rotatable bonds is 3. The van der Waals surface area contributed by atoms with Crippen LogP contribution in [0.25, 0.3) is 10.2 Å². The highest BCUT2D eigenvalue weighted by Gasteiger charge is 2.43. The lowest BCUT2D eigenvalue weighted by Crippen LogP contribution is -2.34. The van der Waals surface area contributed by atoms with Gasteiger partial charge in [-0.05, 0) is 37.5 Å². The number of aromatic nitrogens is 1. The van der Waals surface area contributed by atoms with E-state index in [0.29, 0.717) is 23.1 Å². The maximum atomic E-state index is 12.9. The molecule has 0 aliphatic heterocycles. The first-order chi connectivity index (χ1) is 12.0. The van der Waals surface area contributed by atoms with Crippen molar-refractivity contribution >= 4 is 42.4 Å². The smallest absolute Gasteiger partial charge is 0.302 e. The van der Waals surface area contributed by atoms with E-state index in [1.165, 1.54) is 18.2 Å². The first kappa shape index (κ1) is 19.1. The van der Waals surface area contributed by atoms with Crippen LogP contribution < -0.4 is 5.32 Å². The summed E-state index contributed by atoms with van der Waals surface area (Å²) in [5.74, 6) is -2.62. The Kier molecular flexibility index (Phi) is 5.00. The zero-order valence-electron chi connectivity index (χ0n) is 13.8. The van der Waals surface area contributed by atoms with Gasteiger partial charge in [-0.1, -0.05) is 17.8 Å².